The molecule has 0 aliphatic heterocycles. The van der Waals surface area contributed by atoms with Gasteiger partial charge in [0, 0.05) is 36.4 Å². The Morgan fingerprint density at radius 1 is 1.40 bits per heavy atom. The molecular weight excluding hydrogens is 268 g/mol. The van der Waals surface area contributed by atoms with Crippen LogP contribution in [-0.4, -0.2) is 23.1 Å². The maximum absolute atomic E-state index is 6.00. The zero-order chi connectivity index (χ0) is 14.7. The molecule has 0 spiro atoms. The van der Waals surface area contributed by atoms with Crippen molar-refractivity contribution in [2.75, 3.05) is 17.7 Å². The second-order valence-corrected chi connectivity index (χ2v) is 6.10. The molecule has 0 aliphatic carbocycles. The SMILES string of the molecule is CCc1nc(N)c(C)c(N(C)C(C)Cc2cccs2)n1. The van der Waals surface area contributed by atoms with E-state index in [-0.39, 0.29) is 0 Å². The fourth-order valence-corrected chi connectivity index (χ4v) is 2.96. The average molecular weight is 290 g/mol. The molecular formula is C15H22N4S. The van der Waals surface area contributed by atoms with Crippen molar-refractivity contribution in [1.29, 1.82) is 0 Å². The van der Waals surface area contributed by atoms with Crippen molar-refractivity contribution in [3.05, 3.63) is 33.8 Å². The molecule has 108 valence electrons. The first kappa shape index (κ1) is 14.8. The molecule has 0 bridgehead atoms. The second-order valence-electron chi connectivity index (χ2n) is 5.07. The lowest BCUT2D eigenvalue weighted by molar-refractivity contribution is 0.674. The Labute approximate surface area is 124 Å². The molecule has 0 aliphatic rings. The largest absolute Gasteiger partial charge is 0.383 e. The number of anilines is 2. The van der Waals surface area contributed by atoms with Gasteiger partial charge in [-0.05, 0) is 25.3 Å². The molecule has 2 heterocycles. The van der Waals surface area contributed by atoms with Gasteiger partial charge in [-0.1, -0.05) is 13.0 Å². The molecule has 0 fully saturated rings. The van der Waals surface area contributed by atoms with Crippen LogP contribution in [0.4, 0.5) is 11.6 Å². The number of nitrogens with zero attached hydrogens (tertiary/aromatic N) is 3. The van der Waals surface area contributed by atoms with E-state index in [0.717, 1.165) is 30.0 Å². The van der Waals surface area contributed by atoms with Crippen LogP contribution >= 0.6 is 11.3 Å². The minimum absolute atomic E-state index is 0.367. The number of likely N-dealkylation sites (N-methyl/N-ethyl adjacent to an activating group) is 1. The van der Waals surface area contributed by atoms with Gasteiger partial charge >= 0.3 is 0 Å². The Kier molecular flexibility index (Phi) is 4.60. The zero-order valence-corrected chi connectivity index (χ0v) is 13.4. The summed E-state index contributed by atoms with van der Waals surface area (Å²) < 4.78 is 0. The van der Waals surface area contributed by atoms with Crippen molar-refractivity contribution in [3.63, 3.8) is 0 Å². The van der Waals surface area contributed by atoms with Gasteiger partial charge in [0.25, 0.3) is 0 Å². The molecule has 0 saturated carbocycles. The van der Waals surface area contributed by atoms with E-state index in [1.165, 1.54) is 4.88 Å². The van der Waals surface area contributed by atoms with E-state index in [2.05, 4.69) is 46.4 Å². The summed E-state index contributed by atoms with van der Waals surface area (Å²) in [6.07, 6.45) is 1.81. The number of aromatic nitrogens is 2. The molecule has 0 saturated heterocycles. The summed E-state index contributed by atoms with van der Waals surface area (Å²) in [5.41, 5.74) is 6.96. The van der Waals surface area contributed by atoms with E-state index in [0.29, 0.717) is 11.9 Å². The molecule has 4 nitrogen and oxygen atoms in total. The van der Waals surface area contributed by atoms with Crippen molar-refractivity contribution in [1.82, 2.24) is 9.97 Å². The predicted octanol–water partition coefficient (Wildman–Crippen LogP) is 3.06. The molecule has 20 heavy (non-hydrogen) atoms. The van der Waals surface area contributed by atoms with Crippen LogP contribution in [0.1, 0.15) is 30.1 Å². The van der Waals surface area contributed by atoms with Crippen molar-refractivity contribution in [2.45, 2.75) is 39.7 Å². The third kappa shape index (κ3) is 3.10. The van der Waals surface area contributed by atoms with Gasteiger partial charge in [-0.25, -0.2) is 9.97 Å². The highest BCUT2D eigenvalue weighted by Crippen LogP contribution is 2.24. The number of hydrogen-bond acceptors (Lipinski definition) is 5. The van der Waals surface area contributed by atoms with Gasteiger partial charge in [0.1, 0.15) is 17.5 Å². The van der Waals surface area contributed by atoms with Crippen LogP contribution in [0.15, 0.2) is 17.5 Å². The van der Waals surface area contributed by atoms with Gasteiger partial charge < -0.3 is 10.6 Å². The molecule has 1 atom stereocenters. The Balaban J connectivity index is 2.23. The summed E-state index contributed by atoms with van der Waals surface area (Å²) in [4.78, 5) is 12.5. The fourth-order valence-electron chi connectivity index (χ4n) is 2.14. The van der Waals surface area contributed by atoms with Gasteiger partial charge in [0.2, 0.25) is 0 Å². The first-order valence-corrected chi connectivity index (χ1v) is 7.79. The molecule has 2 rings (SSSR count). The second kappa shape index (κ2) is 6.22. The quantitative estimate of drug-likeness (QED) is 0.919. The van der Waals surface area contributed by atoms with Crippen LogP contribution < -0.4 is 10.6 Å². The van der Waals surface area contributed by atoms with Crippen molar-refractivity contribution >= 4 is 23.0 Å². The smallest absolute Gasteiger partial charge is 0.137 e. The van der Waals surface area contributed by atoms with Crippen molar-refractivity contribution < 1.29 is 0 Å². The van der Waals surface area contributed by atoms with Gasteiger partial charge in [0.15, 0.2) is 0 Å². The van der Waals surface area contributed by atoms with Gasteiger partial charge in [-0.15, -0.1) is 11.3 Å². The minimum Gasteiger partial charge on any atom is -0.383 e. The Morgan fingerprint density at radius 3 is 2.75 bits per heavy atom. The number of aryl methyl sites for hydroxylation is 1. The van der Waals surface area contributed by atoms with E-state index < -0.39 is 0 Å². The zero-order valence-electron chi connectivity index (χ0n) is 12.6. The maximum Gasteiger partial charge on any atom is 0.137 e. The van der Waals surface area contributed by atoms with Gasteiger partial charge in [-0.3, -0.25) is 0 Å². The van der Waals surface area contributed by atoms with Gasteiger partial charge in [-0.2, -0.15) is 0 Å². The van der Waals surface area contributed by atoms with Crippen molar-refractivity contribution in [3.8, 4) is 0 Å². The summed E-state index contributed by atoms with van der Waals surface area (Å²) in [5, 5.41) is 2.12. The lowest BCUT2D eigenvalue weighted by Crippen LogP contribution is -2.32. The maximum atomic E-state index is 6.00. The molecule has 1 unspecified atom stereocenters. The highest BCUT2D eigenvalue weighted by molar-refractivity contribution is 7.09. The van der Waals surface area contributed by atoms with Crippen LogP contribution in [0.3, 0.4) is 0 Å². The number of hydrogen-bond donors (Lipinski definition) is 1. The summed E-state index contributed by atoms with van der Waals surface area (Å²) in [5.74, 6) is 2.33. The first-order valence-electron chi connectivity index (χ1n) is 6.91. The molecule has 0 radical (unpaired) electrons. The van der Waals surface area contributed by atoms with E-state index in [1.54, 1.807) is 11.3 Å². The van der Waals surface area contributed by atoms with Crippen LogP contribution in [-0.2, 0) is 12.8 Å². The lowest BCUT2D eigenvalue weighted by Gasteiger charge is -2.27. The monoisotopic (exact) mass is 290 g/mol. The number of nitrogen functional groups attached to an aromatic ring is 1. The molecule has 2 aromatic heterocycles. The van der Waals surface area contributed by atoms with E-state index >= 15 is 0 Å². The molecule has 0 aromatic carbocycles. The third-order valence-corrected chi connectivity index (χ3v) is 4.49. The van der Waals surface area contributed by atoms with Crippen LogP contribution in [0.25, 0.3) is 0 Å². The fraction of sp³-hybridized carbons (Fsp3) is 0.467. The summed E-state index contributed by atoms with van der Waals surface area (Å²) in [6.45, 7) is 6.24. The third-order valence-electron chi connectivity index (χ3n) is 3.59. The summed E-state index contributed by atoms with van der Waals surface area (Å²) in [7, 11) is 2.08. The Morgan fingerprint density at radius 2 is 2.15 bits per heavy atom. The Bertz CT molecular complexity index is 566. The highest BCUT2D eigenvalue weighted by atomic mass is 32.1. The Hall–Kier alpha value is -1.62. The number of rotatable bonds is 5. The summed E-state index contributed by atoms with van der Waals surface area (Å²) >= 11 is 1.79. The van der Waals surface area contributed by atoms with E-state index in [1.807, 2.05) is 13.8 Å². The topological polar surface area (TPSA) is 55.0 Å². The standard InChI is InChI=1S/C15H22N4S/c1-5-13-17-14(16)11(3)15(18-13)19(4)10(2)9-12-7-6-8-20-12/h6-8,10H,5,9H2,1-4H3,(H2,16,17,18). The molecule has 0 amide bonds. The average Bonchev–Trinajstić information content (AvgIpc) is 2.93. The normalized spacial score (nSPS) is 12.4. The first-order chi connectivity index (χ1) is 9.52. The van der Waals surface area contributed by atoms with Crippen LogP contribution in [0.2, 0.25) is 0 Å². The lowest BCUT2D eigenvalue weighted by atomic mass is 10.1. The summed E-state index contributed by atoms with van der Waals surface area (Å²) in [6, 6.07) is 4.63. The molecule has 2 N–H and O–H groups in total. The molecule has 2 aromatic rings. The van der Waals surface area contributed by atoms with E-state index in [9.17, 15) is 0 Å². The number of nitrogens with two attached hydrogens (primary N) is 1. The number of thiophene rings is 1. The predicted molar refractivity (Wildman–Crippen MR) is 86.4 cm³/mol. The van der Waals surface area contributed by atoms with Crippen LogP contribution in [0.5, 0.6) is 0 Å². The van der Waals surface area contributed by atoms with Crippen LogP contribution in [0, 0.1) is 6.92 Å². The highest BCUT2D eigenvalue weighted by Gasteiger charge is 2.17. The van der Waals surface area contributed by atoms with Gasteiger partial charge in [0.05, 0.1) is 0 Å². The van der Waals surface area contributed by atoms with Crippen molar-refractivity contribution in [2.24, 2.45) is 0 Å². The molecule has 5 heteroatoms. The van der Waals surface area contributed by atoms with E-state index in [4.69, 9.17) is 5.73 Å². The minimum atomic E-state index is 0.367.